The van der Waals surface area contributed by atoms with Crippen LogP contribution >= 0.6 is 28.1 Å². The van der Waals surface area contributed by atoms with Crippen LogP contribution in [0.4, 0.5) is 5.69 Å². The summed E-state index contributed by atoms with van der Waals surface area (Å²) in [6.07, 6.45) is 2.13. The number of methoxy groups -OCH3 is 1. The molecule has 0 radical (unpaired) electrons. The van der Waals surface area contributed by atoms with Crippen LogP contribution in [0.1, 0.15) is 25.3 Å². The highest BCUT2D eigenvalue weighted by Crippen LogP contribution is 2.23. The Morgan fingerprint density at radius 3 is 2.83 bits per heavy atom. The fourth-order valence-corrected chi connectivity index (χ4v) is 2.36. The van der Waals surface area contributed by atoms with E-state index in [2.05, 4.69) is 28.2 Å². The second-order valence-corrected chi connectivity index (χ2v) is 5.49. The predicted octanol–water partition coefficient (Wildman–Crippen LogP) is 3.31. The molecule has 1 aromatic rings. The van der Waals surface area contributed by atoms with Crippen LogP contribution in [0.15, 0.2) is 22.7 Å². The van der Waals surface area contributed by atoms with Crippen LogP contribution in [0, 0.1) is 0 Å². The van der Waals surface area contributed by atoms with Crippen molar-refractivity contribution in [3.05, 3.63) is 28.2 Å². The van der Waals surface area contributed by atoms with Crippen LogP contribution < -0.4 is 11.1 Å². The van der Waals surface area contributed by atoms with Gasteiger partial charge in [-0.2, -0.15) is 0 Å². The molecule has 5 heteroatoms. The maximum absolute atomic E-state index is 5.73. The molecule has 3 N–H and O–H groups in total. The van der Waals surface area contributed by atoms with Gasteiger partial charge in [-0.05, 0) is 24.6 Å². The topological polar surface area (TPSA) is 47.3 Å². The molecule has 1 atom stereocenters. The molecule has 0 aromatic heterocycles. The van der Waals surface area contributed by atoms with Gasteiger partial charge in [-0.25, -0.2) is 0 Å². The Bertz CT molecular complexity index is 406. The lowest BCUT2D eigenvalue weighted by molar-refractivity contribution is 0.182. The van der Waals surface area contributed by atoms with E-state index in [1.807, 2.05) is 18.2 Å². The van der Waals surface area contributed by atoms with Gasteiger partial charge in [0.15, 0.2) is 0 Å². The van der Waals surface area contributed by atoms with E-state index in [4.69, 9.17) is 22.7 Å². The summed E-state index contributed by atoms with van der Waals surface area (Å²) >= 11 is 8.52. The highest BCUT2D eigenvalue weighted by atomic mass is 79.9. The number of benzene rings is 1. The lowest BCUT2D eigenvalue weighted by atomic mass is 10.1. The zero-order valence-electron chi connectivity index (χ0n) is 10.7. The van der Waals surface area contributed by atoms with Crippen molar-refractivity contribution >= 4 is 38.8 Å². The molecule has 0 amide bonds. The van der Waals surface area contributed by atoms with Crippen molar-refractivity contribution < 1.29 is 4.74 Å². The van der Waals surface area contributed by atoms with Crippen molar-refractivity contribution in [1.82, 2.24) is 0 Å². The van der Waals surface area contributed by atoms with Crippen molar-refractivity contribution in [3.8, 4) is 0 Å². The average molecular weight is 331 g/mol. The van der Waals surface area contributed by atoms with E-state index in [1.54, 1.807) is 7.11 Å². The maximum atomic E-state index is 5.73. The minimum absolute atomic E-state index is 0.266. The number of thiocarbonyl (C=S) groups is 1. The molecule has 0 aliphatic carbocycles. The molecule has 0 saturated heterocycles. The Morgan fingerprint density at radius 1 is 1.56 bits per heavy atom. The maximum Gasteiger partial charge on any atom is 0.106 e. The standard InChI is InChI=1S/C13H19BrN2OS/c1-3-4-10(8-17-2)16-12-7-9(14)5-6-11(12)13(15)18/h5-7,10,16H,3-4,8H2,1-2H3,(H2,15,18). The van der Waals surface area contributed by atoms with Crippen LogP contribution in [0.25, 0.3) is 0 Å². The summed E-state index contributed by atoms with van der Waals surface area (Å²) in [4.78, 5) is 0.401. The Labute approximate surface area is 122 Å². The highest BCUT2D eigenvalue weighted by Gasteiger charge is 2.11. The number of anilines is 1. The summed E-state index contributed by atoms with van der Waals surface area (Å²) in [6, 6.07) is 6.12. The van der Waals surface area contributed by atoms with E-state index in [9.17, 15) is 0 Å². The summed E-state index contributed by atoms with van der Waals surface area (Å²) < 4.78 is 6.22. The van der Waals surface area contributed by atoms with Gasteiger partial charge in [0.1, 0.15) is 4.99 Å². The van der Waals surface area contributed by atoms with Crippen molar-refractivity contribution in [2.75, 3.05) is 19.0 Å². The molecule has 0 aliphatic heterocycles. The van der Waals surface area contributed by atoms with Gasteiger partial charge in [-0.3, -0.25) is 0 Å². The van der Waals surface area contributed by atoms with E-state index in [-0.39, 0.29) is 6.04 Å². The van der Waals surface area contributed by atoms with E-state index < -0.39 is 0 Å². The Hall–Kier alpha value is -0.650. The average Bonchev–Trinajstić information content (AvgIpc) is 2.29. The van der Waals surface area contributed by atoms with E-state index in [0.29, 0.717) is 11.6 Å². The highest BCUT2D eigenvalue weighted by molar-refractivity contribution is 9.10. The number of nitrogens with one attached hydrogen (secondary N) is 1. The molecule has 0 heterocycles. The summed E-state index contributed by atoms with van der Waals surface area (Å²) in [5.74, 6) is 0. The van der Waals surface area contributed by atoms with E-state index in [1.165, 1.54) is 0 Å². The van der Waals surface area contributed by atoms with Crippen molar-refractivity contribution in [1.29, 1.82) is 0 Å². The summed E-state index contributed by atoms with van der Waals surface area (Å²) in [5.41, 5.74) is 7.55. The van der Waals surface area contributed by atoms with Gasteiger partial charge in [0.2, 0.25) is 0 Å². The normalized spacial score (nSPS) is 12.2. The van der Waals surface area contributed by atoms with E-state index in [0.717, 1.165) is 28.6 Å². The summed E-state index contributed by atoms with van der Waals surface area (Å²) in [5, 5.41) is 3.45. The zero-order valence-corrected chi connectivity index (χ0v) is 13.1. The molecule has 0 saturated carbocycles. The third-order valence-corrected chi connectivity index (χ3v) is 3.32. The first-order valence-electron chi connectivity index (χ1n) is 5.93. The third kappa shape index (κ3) is 4.55. The molecular weight excluding hydrogens is 312 g/mol. The SMILES string of the molecule is CCCC(COC)Nc1cc(Br)ccc1C(N)=S. The van der Waals surface area contributed by atoms with Gasteiger partial charge < -0.3 is 15.8 Å². The zero-order chi connectivity index (χ0) is 13.5. The van der Waals surface area contributed by atoms with Crippen molar-refractivity contribution in [2.24, 2.45) is 5.73 Å². The number of hydrogen-bond donors (Lipinski definition) is 2. The smallest absolute Gasteiger partial charge is 0.106 e. The van der Waals surface area contributed by atoms with Crippen LogP contribution in [0.2, 0.25) is 0 Å². The Morgan fingerprint density at radius 2 is 2.28 bits per heavy atom. The lowest BCUT2D eigenvalue weighted by Gasteiger charge is -2.20. The molecule has 0 fully saturated rings. The Balaban J connectivity index is 2.92. The lowest BCUT2D eigenvalue weighted by Crippen LogP contribution is -2.26. The van der Waals surface area contributed by atoms with Crippen molar-refractivity contribution in [2.45, 2.75) is 25.8 Å². The molecule has 100 valence electrons. The quantitative estimate of drug-likeness (QED) is 0.753. The monoisotopic (exact) mass is 330 g/mol. The first kappa shape index (κ1) is 15.4. The van der Waals surface area contributed by atoms with E-state index >= 15 is 0 Å². The molecule has 18 heavy (non-hydrogen) atoms. The van der Waals surface area contributed by atoms with Gasteiger partial charge in [-0.1, -0.05) is 41.5 Å². The van der Waals surface area contributed by atoms with Crippen LogP contribution in [-0.2, 0) is 4.74 Å². The van der Waals surface area contributed by atoms with Gasteiger partial charge in [-0.15, -0.1) is 0 Å². The summed E-state index contributed by atoms with van der Waals surface area (Å²) in [6.45, 7) is 2.82. The first-order chi connectivity index (χ1) is 8.58. The fourth-order valence-electron chi connectivity index (χ4n) is 1.82. The molecule has 1 rings (SSSR count). The fraction of sp³-hybridized carbons (Fsp3) is 0.462. The third-order valence-electron chi connectivity index (χ3n) is 2.61. The molecule has 0 spiro atoms. The number of hydrogen-bond acceptors (Lipinski definition) is 3. The molecule has 1 unspecified atom stereocenters. The predicted molar refractivity (Wildman–Crippen MR) is 84.2 cm³/mol. The van der Waals surface area contributed by atoms with Gasteiger partial charge in [0, 0.05) is 28.9 Å². The van der Waals surface area contributed by atoms with Crippen LogP contribution in [0.3, 0.4) is 0 Å². The Kier molecular flexibility index (Phi) is 6.60. The van der Waals surface area contributed by atoms with Crippen molar-refractivity contribution in [3.63, 3.8) is 0 Å². The number of nitrogens with two attached hydrogens (primary N) is 1. The molecule has 0 aliphatic rings. The summed E-state index contributed by atoms with van der Waals surface area (Å²) in [7, 11) is 1.71. The second kappa shape index (κ2) is 7.71. The van der Waals surface area contributed by atoms with Crippen LogP contribution in [0.5, 0.6) is 0 Å². The molecule has 1 aromatic carbocycles. The molecule has 3 nitrogen and oxygen atoms in total. The number of rotatable bonds is 7. The second-order valence-electron chi connectivity index (χ2n) is 4.14. The number of halogens is 1. The molecule has 0 bridgehead atoms. The van der Waals surface area contributed by atoms with Gasteiger partial charge >= 0.3 is 0 Å². The van der Waals surface area contributed by atoms with Gasteiger partial charge in [0.25, 0.3) is 0 Å². The van der Waals surface area contributed by atoms with Gasteiger partial charge in [0.05, 0.1) is 6.61 Å². The largest absolute Gasteiger partial charge is 0.389 e. The number of ether oxygens (including phenoxy) is 1. The minimum atomic E-state index is 0.266. The van der Waals surface area contributed by atoms with Crippen LogP contribution in [-0.4, -0.2) is 24.7 Å². The molecular formula is C13H19BrN2OS. The minimum Gasteiger partial charge on any atom is -0.389 e. The first-order valence-corrected chi connectivity index (χ1v) is 7.13.